The molecule has 3 rings (SSSR count). The summed E-state index contributed by atoms with van der Waals surface area (Å²) in [7, 11) is -2.50. The molecule has 0 aliphatic heterocycles. The quantitative estimate of drug-likeness (QED) is 0.587. The van der Waals surface area contributed by atoms with Gasteiger partial charge in [0.25, 0.3) is 10.0 Å². The zero-order valence-electron chi connectivity index (χ0n) is 14.5. The molecule has 0 fully saturated rings. The number of hydrogen-bond donors (Lipinski definition) is 0. The van der Waals surface area contributed by atoms with Crippen LogP contribution in [0.25, 0.3) is 0 Å². The summed E-state index contributed by atoms with van der Waals surface area (Å²) < 4.78 is 46.7. The summed E-state index contributed by atoms with van der Waals surface area (Å²) in [6.07, 6.45) is 0. The summed E-state index contributed by atoms with van der Waals surface area (Å²) >= 11 is 5.91. The van der Waals surface area contributed by atoms with Crippen molar-refractivity contribution in [1.29, 1.82) is 0 Å². The van der Waals surface area contributed by atoms with Gasteiger partial charge in [-0.3, -0.25) is 4.31 Å². The Morgan fingerprint density at radius 1 is 1.00 bits per heavy atom. The molecule has 0 saturated heterocycles. The van der Waals surface area contributed by atoms with Crippen LogP contribution < -0.4 is 9.04 Å². The topological polar surface area (TPSA) is 46.6 Å². The highest BCUT2D eigenvalue weighted by atomic mass is 35.5. The molecule has 0 heterocycles. The maximum Gasteiger partial charge on any atom is 0.264 e. The second-order valence-corrected chi connectivity index (χ2v) is 8.10. The van der Waals surface area contributed by atoms with E-state index in [0.717, 1.165) is 9.87 Å². The lowest BCUT2D eigenvalue weighted by Gasteiger charge is -2.25. The lowest BCUT2D eigenvalue weighted by atomic mass is 10.2. The van der Waals surface area contributed by atoms with Crippen LogP contribution in [0.1, 0.15) is 5.56 Å². The van der Waals surface area contributed by atoms with E-state index in [1.165, 1.54) is 37.4 Å². The van der Waals surface area contributed by atoms with Gasteiger partial charge >= 0.3 is 0 Å². The number of methoxy groups -OCH3 is 1. The molecule has 0 amide bonds. The highest BCUT2D eigenvalue weighted by Crippen LogP contribution is 2.28. The Hall–Kier alpha value is -2.57. The first kappa shape index (κ1) is 19.2. The summed E-state index contributed by atoms with van der Waals surface area (Å²) in [5.41, 5.74) is 0.947. The van der Waals surface area contributed by atoms with E-state index in [1.54, 1.807) is 42.5 Å². The van der Waals surface area contributed by atoms with Crippen molar-refractivity contribution in [2.75, 3.05) is 11.4 Å². The molecule has 0 spiro atoms. The Kier molecular flexibility index (Phi) is 5.68. The summed E-state index contributed by atoms with van der Waals surface area (Å²) in [6.45, 7) is 0.0279. The van der Waals surface area contributed by atoms with Gasteiger partial charge in [-0.15, -0.1) is 0 Å². The summed E-state index contributed by atoms with van der Waals surface area (Å²) in [5.74, 6) is -0.101. The molecule has 0 N–H and O–H groups in total. The van der Waals surface area contributed by atoms with Crippen molar-refractivity contribution in [1.82, 2.24) is 0 Å². The minimum atomic E-state index is -3.96. The highest BCUT2D eigenvalue weighted by Gasteiger charge is 2.26. The first-order chi connectivity index (χ1) is 12.9. The fraction of sp³-hybridized carbons (Fsp3) is 0.100. The number of hydrogen-bond acceptors (Lipinski definition) is 3. The smallest absolute Gasteiger partial charge is 0.264 e. The van der Waals surface area contributed by atoms with Gasteiger partial charge in [0.1, 0.15) is 11.6 Å². The van der Waals surface area contributed by atoms with Gasteiger partial charge in [0.05, 0.1) is 24.2 Å². The molecule has 7 heteroatoms. The van der Waals surface area contributed by atoms with E-state index in [-0.39, 0.29) is 17.1 Å². The summed E-state index contributed by atoms with van der Waals surface area (Å²) in [4.78, 5) is 0.0556. The average Bonchev–Trinajstić information content (AvgIpc) is 2.67. The SMILES string of the molecule is COc1cccc(S(=O)(=O)N(Cc2ccc(Cl)cc2)c2cccc(F)c2)c1. The number of sulfonamides is 1. The largest absolute Gasteiger partial charge is 0.497 e. The highest BCUT2D eigenvalue weighted by molar-refractivity contribution is 7.92. The van der Waals surface area contributed by atoms with Gasteiger partial charge in [0.15, 0.2) is 0 Å². The van der Waals surface area contributed by atoms with Crippen LogP contribution in [0.2, 0.25) is 5.02 Å². The third kappa shape index (κ3) is 4.40. The maximum absolute atomic E-state index is 13.8. The number of ether oxygens (including phenoxy) is 1. The molecule has 3 aromatic rings. The Morgan fingerprint density at radius 3 is 2.37 bits per heavy atom. The standard InChI is InChI=1S/C20H17ClFNO3S/c1-26-19-6-3-7-20(13-19)27(24,25)23(18-5-2-4-17(22)12-18)14-15-8-10-16(21)11-9-15/h2-13H,14H2,1H3. The van der Waals surface area contributed by atoms with Crippen LogP contribution in [0.15, 0.2) is 77.7 Å². The molecular weight excluding hydrogens is 389 g/mol. The van der Waals surface area contributed by atoms with E-state index >= 15 is 0 Å². The van der Waals surface area contributed by atoms with Gasteiger partial charge in [-0.2, -0.15) is 0 Å². The second-order valence-electron chi connectivity index (χ2n) is 5.80. The fourth-order valence-electron chi connectivity index (χ4n) is 2.59. The van der Waals surface area contributed by atoms with Crippen molar-refractivity contribution in [3.8, 4) is 5.75 Å². The molecule has 0 radical (unpaired) electrons. The van der Waals surface area contributed by atoms with Crippen LogP contribution in [0.5, 0.6) is 5.75 Å². The Labute approximate surface area is 162 Å². The van der Waals surface area contributed by atoms with Gasteiger partial charge in [-0.05, 0) is 48.0 Å². The van der Waals surface area contributed by atoms with E-state index in [9.17, 15) is 12.8 Å². The van der Waals surface area contributed by atoms with Crippen molar-refractivity contribution in [3.63, 3.8) is 0 Å². The molecule has 0 aliphatic rings. The zero-order valence-corrected chi connectivity index (χ0v) is 16.0. The molecule has 4 nitrogen and oxygen atoms in total. The monoisotopic (exact) mass is 405 g/mol. The van der Waals surface area contributed by atoms with Crippen molar-refractivity contribution in [2.24, 2.45) is 0 Å². The van der Waals surface area contributed by atoms with E-state index in [1.807, 2.05) is 0 Å². The van der Waals surface area contributed by atoms with Gasteiger partial charge < -0.3 is 4.74 Å². The van der Waals surface area contributed by atoms with Crippen molar-refractivity contribution in [3.05, 3.63) is 89.2 Å². The van der Waals surface area contributed by atoms with Crippen molar-refractivity contribution >= 4 is 27.3 Å². The van der Waals surface area contributed by atoms with Crippen LogP contribution in [-0.4, -0.2) is 15.5 Å². The van der Waals surface area contributed by atoms with Crippen LogP contribution in [0.4, 0.5) is 10.1 Å². The number of anilines is 1. The maximum atomic E-state index is 13.8. The first-order valence-electron chi connectivity index (χ1n) is 8.07. The first-order valence-corrected chi connectivity index (χ1v) is 9.89. The third-order valence-corrected chi connectivity index (χ3v) is 5.99. The minimum absolute atomic E-state index is 0.0279. The molecular formula is C20H17ClFNO3S. The molecule has 3 aromatic carbocycles. The van der Waals surface area contributed by atoms with Crippen LogP contribution in [-0.2, 0) is 16.6 Å². The van der Waals surface area contributed by atoms with E-state index in [4.69, 9.17) is 16.3 Å². The fourth-order valence-corrected chi connectivity index (χ4v) is 4.20. The molecule has 0 atom stereocenters. The zero-order chi connectivity index (χ0) is 19.4. The van der Waals surface area contributed by atoms with Crippen LogP contribution in [0.3, 0.4) is 0 Å². The van der Waals surface area contributed by atoms with Crippen molar-refractivity contribution in [2.45, 2.75) is 11.4 Å². The number of benzene rings is 3. The molecule has 0 bridgehead atoms. The van der Waals surface area contributed by atoms with Crippen LogP contribution in [0, 0.1) is 5.82 Å². The molecule has 0 unspecified atom stereocenters. The number of halogens is 2. The Balaban J connectivity index is 2.08. The molecule has 140 valence electrons. The van der Waals surface area contributed by atoms with Gasteiger partial charge in [0, 0.05) is 11.1 Å². The van der Waals surface area contributed by atoms with Crippen LogP contribution >= 0.6 is 11.6 Å². The van der Waals surface area contributed by atoms with Gasteiger partial charge in [0.2, 0.25) is 0 Å². The third-order valence-electron chi connectivity index (χ3n) is 3.96. The van der Waals surface area contributed by atoms with Gasteiger partial charge in [-0.1, -0.05) is 35.9 Å². The van der Waals surface area contributed by atoms with E-state index in [0.29, 0.717) is 10.8 Å². The molecule has 0 aliphatic carbocycles. The lowest BCUT2D eigenvalue weighted by Crippen LogP contribution is -2.30. The second kappa shape index (κ2) is 7.98. The predicted molar refractivity (Wildman–Crippen MR) is 104 cm³/mol. The number of rotatable bonds is 6. The summed E-state index contributed by atoms with van der Waals surface area (Å²) in [6, 6.07) is 18.5. The predicted octanol–water partition coefficient (Wildman–Crippen LogP) is 4.88. The molecule has 0 saturated carbocycles. The summed E-state index contributed by atoms with van der Waals surface area (Å²) in [5, 5.41) is 0.548. The van der Waals surface area contributed by atoms with Crippen molar-refractivity contribution < 1.29 is 17.5 Å². The Morgan fingerprint density at radius 2 is 1.70 bits per heavy atom. The molecule has 0 aromatic heterocycles. The van der Waals surface area contributed by atoms with E-state index in [2.05, 4.69) is 0 Å². The average molecular weight is 406 g/mol. The minimum Gasteiger partial charge on any atom is -0.497 e. The lowest BCUT2D eigenvalue weighted by molar-refractivity contribution is 0.413. The normalized spacial score (nSPS) is 11.2. The van der Waals surface area contributed by atoms with E-state index < -0.39 is 15.8 Å². The Bertz CT molecular complexity index is 1040. The van der Waals surface area contributed by atoms with Gasteiger partial charge in [-0.25, -0.2) is 12.8 Å². The molecule has 27 heavy (non-hydrogen) atoms. The number of nitrogens with zero attached hydrogens (tertiary/aromatic N) is 1.